The first kappa shape index (κ1) is 17.4. The van der Waals surface area contributed by atoms with Crippen molar-refractivity contribution in [3.8, 4) is 0 Å². The van der Waals surface area contributed by atoms with E-state index in [0.29, 0.717) is 23.5 Å². The van der Waals surface area contributed by atoms with E-state index in [1.165, 1.54) is 18.2 Å². The van der Waals surface area contributed by atoms with Gasteiger partial charge in [-0.15, -0.1) is 0 Å². The van der Waals surface area contributed by atoms with Crippen LogP contribution < -0.4 is 5.32 Å². The number of halogens is 2. The second kappa shape index (κ2) is 6.93. The van der Waals surface area contributed by atoms with Crippen LogP contribution in [0.5, 0.6) is 0 Å². The molecule has 0 atom stereocenters. The molecule has 0 radical (unpaired) electrons. The Kier molecular flexibility index (Phi) is 4.46. The number of nitrogens with one attached hydrogen (secondary N) is 1. The molecule has 4 nitrogen and oxygen atoms in total. The molecule has 0 aliphatic heterocycles. The second-order valence-corrected chi connectivity index (χ2v) is 6.70. The van der Waals surface area contributed by atoms with Crippen molar-refractivity contribution in [2.75, 3.05) is 5.32 Å². The molecule has 2 aromatic heterocycles. The van der Waals surface area contributed by atoms with E-state index in [9.17, 15) is 9.18 Å². The van der Waals surface area contributed by atoms with Gasteiger partial charge in [0.2, 0.25) is 0 Å². The number of aryl methyl sites for hydroxylation is 1. The molecule has 136 valence electrons. The van der Waals surface area contributed by atoms with Crippen molar-refractivity contribution < 1.29 is 13.6 Å². The Bertz CT molecular complexity index is 1150. The minimum Gasteiger partial charge on any atom is -0.463 e. The molecule has 4 aromatic rings. The fourth-order valence-corrected chi connectivity index (χ4v) is 3.24. The minimum atomic E-state index is -0.532. The molecule has 27 heavy (non-hydrogen) atoms. The number of hydrogen-bond acceptors (Lipinski definition) is 2. The summed E-state index contributed by atoms with van der Waals surface area (Å²) < 4.78 is 20.7. The molecule has 1 amide bonds. The van der Waals surface area contributed by atoms with Crippen LogP contribution >= 0.6 is 11.6 Å². The Balaban J connectivity index is 1.70. The van der Waals surface area contributed by atoms with Gasteiger partial charge >= 0.3 is 0 Å². The lowest BCUT2D eigenvalue weighted by molar-refractivity contribution is 0.101. The van der Waals surface area contributed by atoms with Crippen LogP contribution in [0.15, 0.2) is 65.3 Å². The quantitative estimate of drug-likeness (QED) is 0.496. The third-order valence-corrected chi connectivity index (χ3v) is 4.81. The zero-order valence-corrected chi connectivity index (χ0v) is 15.3. The molecule has 0 spiro atoms. The number of nitrogens with zero attached hydrogens (tertiary/aromatic N) is 1. The first-order valence-electron chi connectivity index (χ1n) is 8.40. The van der Waals surface area contributed by atoms with E-state index in [4.69, 9.17) is 16.0 Å². The average molecular weight is 383 g/mol. The third kappa shape index (κ3) is 3.34. The van der Waals surface area contributed by atoms with Gasteiger partial charge < -0.3 is 14.3 Å². The molecule has 2 heterocycles. The number of benzene rings is 2. The number of fused-ring (bicyclic) bond motifs is 1. The monoisotopic (exact) mass is 382 g/mol. The zero-order chi connectivity index (χ0) is 19.0. The number of amides is 1. The van der Waals surface area contributed by atoms with E-state index >= 15 is 0 Å². The van der Waals surface area contributed by atoms with Crippen molar-refractivity contribution in [1.29, 1.82) is 0 Å². The summed E-state index contributed by atoms with van der Waals surface area (Å²) in [6.45, 7) is 2.56. The summed E-state index contributed by atoms with van der Waals surface area (Å²) in [4.78, 5) is 12.9. The van der Waals surface area contributed by atoms with Gasteiger partial charge in [0.1, 0.15) is 11.5 Å². The Hall–Kier alpha value is -3.05. The maximum Gasteiger partial charge on any atom is 0.272 e. The highest BCUT2D eigenvalue weighted by Crippen LogP contribution is 2.25. The van der Waals surface area contributed by atoms with Gasteiger partial charge in [-0.1, -0.05) is 35.9 Å². The molecule has 2 aromatic carbocycles. The summed E-state index contributed by atoms with van der Waals surface area (Å²) in [7, 11) is 0. The Morgan fingerprint density at radius 3 is 2.78 bits per heavy atom. The van der Waals surface area contributed by atoms with Crippen LogP contribution in [0.3, 0.4) is 0 Å². The molecule has 0 saturated carbocycles. The van der Waals surface area contributed by atoms with Crippen LogP contribution in [0.25, 0.3) is 11.1 Å². The summed E-state index contributed by atoms with van der Waals surface area (Å²) in [5.41, 5.74) is 4.58. The van der Waals surface area contributed by atoms with Gasteiger partial charge in [0.05, 0.1) is 16.8 Å². The zero-order valence-electron chi connectivity index (χ0n) is 14.5. The molecule has 0 saturated heterocycles. The van der Waals surface area contributed by atoms with Crippen molar-refractivity contribution in [2.45, 2.75) is 13.5 Å². The number of carbonyl (C=O) groups excluding carboxylic acids is 1. The number of carbonyl (C=O) groups is 1. The summed E-state index contributed by atoms with van der Waals surface area (Å²) in [5.74, 6) is -0.854. The summed E-state index contributed by atoms with van der Waals surface area (Å²) >= 11 is 5.80. The van der Waals surface area contributed by atoms with Gasteiger partial charge in [-0.05, 0) is 36.2 Å². The van der Waals surface area contributed by atoms with E-state index in [2.05, 4.69) is 5.32 Å². The van der Waals surface area contributed by atoms with E-state index in [0.717, 1.165) is 16.6 Å². The topological polar surface area (TPSA) is 47.2 Å². The van der Waals surface area contributed by atoms with Crippen molar-refractivity contribution in [2.24, 2.45) is 0 Å². The lowest BCUT2D eigenvalue weighted by Crippen LogP contribution is -2.17. The van der Waals surface area contributed by atoms with Crippen LogP contribution in [0, 0.1) is 12.7 Å². The SMILES string of the molecule is Cc1ccccc1Cn1c(C(=O)Nc2ccc(F)c(Cl)c2)cc2occc21. The van der Waals surface area contributed by atoms with Gasteiger partial charge in [0, 0.05) is 24.4 Å². The lowest BCUT2D eigenvalue weighted by atomic mass is 10.1. The number of furan rings is 1. The van der Waals surface area contributed by atoms with Gasteiger partial charge in [-0.25, -0.2) is 4.39 Å². The fourth-order valence-electron chi connectivity index (χ4n) is 3.06. The van der Waals surface area contributed by atoms with E-state index in [1.54, 1.807) is 12.3 Å². The highest BCUT2D eigenvalue weighted by molar-refractivity contribution is 6.31. The van der Waals surface area contributed by atoms with Crippen molar-refractivity contribution in [3.05, 3.63) is 88.5 Å². The molecule has 0 unspecified atom stereocenters. The molecule has 6 heteroatoms. The smallest absolute Gasteiger partial charge is 0.272 e. The van der Waals surface area contributed by atoms with Crippen LogP contribution in [-0.4, -0.2) is 10.5 Å². The van der Waals surface area contributed by atoms with Crippen LogP contribution in [0.4, 0.5) is 10.1 Å². The van der Waals surface area contributed by atoms with E-state index in [-0.39, 0.29) is 10.9 Å². The van der Waals surface area contributed by atoms with Gasteiger partial charge in [0.15, 0.2) is 5.58 Å². The van der Waals surface area contributed by atoms with E-state index < -0.39 is 5.82 Å². The van der Waals surface area contributed by atoms with Crippen LogP contribution in [0.2, 0.25) is 5.02 Å². The van der Waals surface area contributed by atoms with Crippen LogP contribution in [0.1, 0.15) is 21.6 Å². The fraction of sp³-hybridized carbons (Fsp3) is 0.0952. The Morgan fingerprint density at radius 1 is 1.19 bits per heavy atom. The van der Waals surface area contributed by atoms with Gasteiger partial charge in [-0.3, -0.25) is 4.79 Å². The number of hydrogen-bond donors (Lipinski definition) is 1. The largest absolute Gasteiger partial charge is 0.463 e. The molecular weight excluding hydrogens is 367 g/mol. The predicted molar refractivity (Wildman–Crippen MR) is 104 cm³/mol. The van der Waals surface area contributed by atoms with Crippen LogP contribution in [-0.2, 0) is 6.54 Å². The molecule has 1 N–H and O–H groups in total. The number of anilines is 1. The second-order valence-electron chi connectivity index (χ2n) is 6.30. The number of rotatable bonds is 4. The first-order chi connectivity index (χ1) is 13.0. The molecule has 4 rings (SSSR count). The standard InChI is InChI=1S/C21H16ClFN2O2/c1-13-4-2-3-5-14(13)12-25-18-8-9-27-20(18)11-19(25)21(26)24-15-6-7-17(23)16(22)10-15/h2-11H,12H2,1H3,(H,24,26). The minimum absolute atomic E-state index is 0.0446. The molecule has 0 aliphatic rings. The lowest BCUT2D eigenvalue weighted by Gasteiger charge is -2.12. The summed E-state index contributed by atoms with van der Waals surface area (Å²) in [6.07, 6.45) is 1.60. The summed E-state index contributed by atoms with van der Waals surface area (Å²) in [5, 5.41) is 2.72. The highest BCUT2D eigenvalue weighted by atomic mass is 35.5. The van der Waals surface area contributed by atoms with Crippen molar-refractivity contribution >= 4 is 34.3 Å². The maximum atomic E-state index is 13.3. The van der Waals surface area contributed by atoms with E-state index in [1.807, 2.05) is 41.8 Å². The predicted octanol–water partition coefficient (Wildman–Crippen LogP) is 5.64. The Labute approximate surface area is 160 Å². The molecule has 0 fully saturated rings. The maximum absolute atomic E-state index is 13.3. The summed E-state index contributed by atoms with van der Waals surface area (Å²) in [6, 6.07) is 15.6. The highest BCUT2D eigenvalue weighted by Gasteiger charge is 2.18. The third-order valence-electron chi connectivity index (χ3n) is 4.52. The average Bonchev–Trinajstić information content (AvgIpc) is 3.22. The van der Waals surface area contributed by atoms with Crippen molar-refractivity contribution in [1.82, 2.24) is 4.57 Å². The Morgan fingerprint density at radius 2 is 2.00 bits per heavy atom. The van der Waals surface area contributed by atoms with Gasteiger partial charge in [0.25, 0.3) is 5.91 Å². The van der Waals surface area contributed by atoms with Crippen molar-refractivity contribution in [3.63, 3.8) is 0 Å². The first-order valence-corrected chi connectivity index (χ1v) is 8.78. The molecule has 0 aliphatic carbocycles. The molecular formula is C21H16ClFN2O2. The molecule has 0 bridgehead atoms. The van der Waals surface area contributed by atoms with Gasteiger partial charge in [-0.2, -0.15) is 0 Å². The number of aromatic nitrogens is 1. The normalized spacial score (nSPS) is 11.1.